The van der Waals surface area contributed by atoms with Gasteiger partial charge in [0.1, 0.15) is 5.75 Å². The second-order valence-corrected chi connectivity index (χ2v) is 7.19. The van der Waals surface area contributed by atoms with Crippen LogP contribution in [0.2, 0.25) is 0 Å². The maximum absolute atomic E-state index is 12.4. The van der Waals surface area contributed by atoms with Crippen LogP contribution >= 0.6 is 11.3 Å². The van der Waals surface area contributed by atoms with Gasteiger partial charge in [-0.15, -0.1) is 11.3 Å². The largest absolute Gasteiger partial charge is 0.495 e. The third-order valence-electron chi connectivity index (χ3n) is 4.27. The van der Waals surface area contributed by atoms with Gasteiger partial charge < -0.3 is 15.2 Å². The van der Waals surface area contributed by atoms with E-state index in [9.17, 15) is 9.90 Å². The molecular formula is C17H21N3O3S. The van der Waals surface area contributed by atoms with Crippen LogP contribution in [-0.4, -0.2) is 34.2 Å². The zero-order chi connectivity index (χ0) is 17.1. The second kappa shape index (κ2) is 7.27. The molecule has 2 heterocycles. The van der Waals surface area contributed by atoms with Crippen LogP contribution in [0.15, 0.2) is 23.8 Å². The third kappa shape index (κ3) is 3.91. The molecule has 1 saturated carbocycles. The van der Waals surface area contributed by atoms with E-state index in [-0.39, 0.29) is 30.4 Å². The van der Waals surface area contributed by atoms with Crippen molar-refractivity contribution in [2.45, 2.75) is 38.3 Å². The number of nitrogens with zero attached hydrogens (tertiary/aromatic N) is 2. The van der Waals surface area contributed by atoms with Crippen LogP contribution in [0.5, 0.6) is 5.75 Å². The van der Waals surface area contributed by atoms with Crippen molar-refractivity contribution in [3.05, 3.63) is 40.1 Å². The third-order valence-corrected chi connectivity index (χ3v) is 5.10. The summed E-state index contributed by atoms with van der Waals surface area (Å²) in [5.74, 6) is 0.784. The summed E-state index contributed by atoms with van der Waals surface area (Å²) in [5.41, 5.74) is 1.68. The van der Waals surface area contributed by atoms with E-state index in [0.717, 1.165) is 16.3 Å². The number of hydrogen-bond donors (Lipinski definition) is 2. The van der Waals surface area contributed by atoms with Gasteiger partial charge in [-0.3, -0.25) is 9.78 Å². The number of amides is 1. The van der Waals surface area contributed by atoms with Gasteiger partial charge in [0, 0.05) is 11.6 Å². The normalized spacial score (nSPS) is 21.0. The molecule has 128 valence electrons. The smallest absolute Gasteiger partial charge is 0.226 e. The monoisotopic (exact) mass is 347 g/mol. The van der Waals surface area contributed by atoms with Crippen molar-refractivity contribution in [1.29, 1.82) is 0 Å². The van der Waals surface area contributed by atoms with E-state index in [1.54, 1.807) is 19.5 Å². The van der Waals surface area contributed by atoms with Crippen LogP contribution in [0.1, 0.15) is 35.1 Å². The average molecular weight is 347 g/mol. The molecule has 1 atom stereocenters. The highest BCUT2D eigenvalue weighted by Crippen LogP contribution is 2.38. The number of thiazole rings is 1. The molecule has 3 rings (SSSR count). The van der Waals surface area contributed by atoms with Crippen LogP contribution < -0.4 is 10.1 Å². The number of aryl methyl sites for hydroxylation is 1. The Labute approximate surface area is 144 Å². The van der Waals surface area contributed by atoms with Gasteiger partial charge in [0.2, 0.25) is 5.91 Å². The van der Waals surface area contributed by atoms with Crippen LogP contribution in [-0.2, 0) is 11.2 Å². The van der Waals surface area contributed by atoms with E-state index in [0.29, 0.717) is 18.6 Å². The Kier molecular flexibility index (Phi) is 5.11. The van der Waals surface area contributed by atoms with Crippen LogP contribution in [0.4, 0.5) is 0 Å². The summed E-state index contributed by atoms with van der Waals surface area (Å²) in [6.45, 7) is 1.92. The van der Waals surface area contributed by atoms with E-state index < -0.39 is 0 Å². The van der Waals surface area contributed by atoms with E-state index in [1.165, 1.54) is 11.3 Å². The summed E-state index contributed by atoms with van der Waals surface area (Å²) >= 11 is 1.54. The van der Waals surface area contributed by atoms with Crippen molar-refractivity contribution in [2.75, 3.05) is 7.11 Å². The lowest BCUT2D eigenvalue weighted by Crippen LogP contribution is -2.42. The SMILES string of the molecule is COc1cncc([C@@H](NC(=O)Cc2csc(C)n2)C2CC(O)C2)c1. The van der Waals surface area contributed by atoms with Gasteiger partial charge in [-0.2, -0.15) is 0 Å². The first kappa shape index (κ1) is 16.9. The van der Waals surface area contributed by atoms with Gasteiger partial charge in [0.15, 0.2) is 0 Å². The molecule has 2 aromatic heterocycles. The lowest BCUT2D eigenvalue weighted by molar-refractivity contribution is -0.122. The molecule has 2 N–H and O–H groups in total. The topological polar surface area (TPSA) is 84.3 Å². The molecule has 0 bridgehead atoms. The molecule has 0 saturated heterocycles. The van der Waals surface area contributed by atoms with Gasteiger partial charge in [-0.25, -0.2) is 4.98 Å². The summed E-state index contributed by atoms with van der Waals surface area (Å²) < 4.78 is 5.23. The molecule has 1 amide bonds. The van der Waals surface area contributed by atoms with Gasteiger partial charge in [-0.1, -0.05) is 0 Å². The highest BCUT2D eigenvalue weighted by atomic mass is 32.1. The maximum atomic E-state index is 12.4. The standard InChI is InChI=1S/C17H21N3O3S/c1-10-19-13(9-24-10)6-16(22)20-17(11-3-14(21)4-11)12-5-15(23-2)8-18-7-12/h5,7-9,11,14,17,21H,3-4,6H2,1-2H3,(H,20,22)/t11?,14?,17-/m0/s1. The van der Waals surface area contributed by atoms with Crippen molar-refractivity contribution >= 4 is 17.2 Å². The average Bonchev–Trinajstić information content (AvgIpc) is 2.95. The van der Waals surface area contributed by atoms with Gasteiger partial charge >= 0.3 is 0 Å². The molecule has 6 nitrogen and oxygen atoms in total. The zero-order valence-corrected chi connectivity index (χ0v) is 14.5. The summed E-state index contributed by atoms with van der Waals surface area (Å²) in [7, 11) is 1.59. The van der Waals surface area contributed by atoms with Crippen molar-refractivity contribution in [2.24, 2.45) is 5.92 Å². The number of pyridine rings is 1. The Morgan fingerprint density at radius 3 is 2.92 bits per heavy atom. The lowest BCUT2D eigenvalue weighted by Gasteiger charge is -2.38. The first-order valence-electron chi connectivity index (χ1n) is 7.92. The molecule has 0 unspecified atom stereocenters. The van der Waals surface area contributed by atoms with Gasteiger partial charge in [-0.05, 0) is 37.3 Å². The molecule has 0 aromatic carbocycles. The molecule has 0 aliphatic heterocycles. The van der Waals surface area contributed by atoms with Gasteiger partial charge in [0.25, 0.3) is 0 Å². The number of hydrogen-bond acceptors (Lipinski definition) is 6. The second-order valence-electron chi connectivity index (χ2n) is 6.12. The number of carbonyl (C=O) groups is 1. The van der Waals surface area contributed by atoms with E-state index in [2.05, 4.69) is 15.3 Å². The Morgan fingerprint density at radius 1 is 1.50 bits per heavy atom. The number of methoxy groups -OCH3 is 1. The summed E-state index contributed by atoms with van der Waals surface area (Å²) in [4.78, 5) is 20.9. The summed E-state index contributed by atoms with van der Waals surface area (Å²) in [5, 5.41) is 15.6. The molecule has 0 spiro atoms. The molecule has 7 heteroatoms. The van der Waals surface area contributed by atoms with Crippen molar-refractivity contribution in [3.8, 4) is 5.75 Å². The number of carbonyl (C=O) groups excluding carboxylic acids is 1. The molecule has 1 fully saturated rings. The fraction of sp³-hybridized carbons (Fsp3) is 0.471. The maximum Gasteiger partial charge on any atom is 0.226 e. The van der Waals surface area contributed by atoms with E-state index >= 15 is 0 Å². The van der Waals surface area contributed by atoms with Crippen LogP contribution in [0.3, 0.4) is 0 Å². The predicted octanol–water partition coefficient (Wildman–Crippen LogP) is 2.03. The molecule has 2 aromatic rings. The highest BCUT2D eigenvalue weighted by molar-refractivity contribution is 7.09. The van der Waals surface area contributed by atoms with Crippen molar-refractivity contribution in [1.82, 2.24) is 15.3 Å². The summed E-state index contributed by atoms with van der Waals surface area (Å²) in [6.07, 6.45) is 4.71. The lowest BCUT2D eigenvalue weighted by atomic mass is 9.75. The number of aliphatic hydroxyl groups is 1. The molecular weight excluding hydrogens is 326 g/mol. The number of aliphatic hydroxyl groups excluding tert-OH is 1. The van der Waals surface area contributed by atoms with Crippen LogP contribution in [0, 0.1) is 12.8 Å². The van der Waals surface area contributed by atoms with Crippen LogP contribution in [0.25, 0.3) is 0 Å². The van der Waals surface area contributed by atoms with Gasteiger partial charge in [0.05, 0.1) is 42.6 Å². The summed E-state index contributed by atoms with van der Waals surface area (Å²) in [6, 6.07) is 1.71. The fourth-order valence-corrected chi connectivity index (χ4v) is 3.58. The molecule has 1 aliphatic rings. The van der Waals surface area contributed by atoms with Crippen molar-refractivity contribution in [3.63, 3.8) is 0 Å². The minimum atomic E-state index is -0.283. The Morgan fingerprint density at radius 2 is 2.29 bits per heavy atom. The van der Waals surface area contributed by atoms with E-state index in [1.807, 2.05) is 18.4 Å². The molecule has 24 heavy (non-hydrogen) atoms. The first-order valence-corrected chi connectivity index (χ1v) is 8.80. The number of rotatable bonds is 6. The Bertz CT molecular complexity index is 713. The van der Waals surface area contributed by atoms with Crippen molar-refractivity contribution < 1.29 is 14.6 Å². The zero-order valence-electron chi connectivity index (χ0n) is 13.7. The highest BCUT2D eigenvalue weighted by Gasteiger charge is 2.36. The minimum absolute atomic E-state index is 0.0745. The first-order chi connectivity index (χ1) is 11.5. The number of ether oxygens (including phenoxy) is 1. The van der Waals surface area contributed by atoms with E-state index in [4.69, 9.17) is 4.74 Å². The number of nitrogens with one attached hydrogen (secondary N) is 1. The predicted molar refractivity (Wildman–Crippen MR) is 91.0 cm³/mol. The molecule has 0 radical (unpaired) electrons. The minimum Gasteiger partial charge on any atom is -0.495 e. The Hall–Kier alpha value is -1.99. The molecule has 1 aliphatic carbocycles. The fourth-order valence-electron chi connectivity index (χ4n) is 2.97. The number of aromatic nitrogens is 2. The Balaban J connectivity index is 1.73. The quantitative estimate of drug-likeness (QED) is 0.835.